The first-order chi connectivity index (χ1) is 14.2. The summed E-state index contributed by atoms with van der Waals surface area (Å²) in [6, 6.07) is 11.7. The van der Waals surface area contributed by atoms with Crippen molar-refractivity contribution in [3.63, 3.8) is 0 Å². The first-order valence-corrected chi connectivity index (χ1v) is 10.2. The number of aryl methyl sites for hydroxylation is 1. The summed E-state index contributed by atoms with van der Waals surface area (Å²) in [7, 11) is 0. The van der Waals surface area contributed by atoms with E-state index in [9.17, 15) is 4.79 Å². The van der Waals surface area contributed by atoms with Gasteiger partial charge in [0, 0.05) is 18.3 Å². The number of benzene rings is 1. The Morgan fingerprint density at radius 2 is 2.00 bits per heavy atom. The van der Waals surface area contributed by atoms with Crippen molar-refractivity contribution in [2.24, 2.45) is 0 Å². The molecule has 0 bridgehead atoms. The van der Waals surface area contributed by atoms with Crippen molar-refractivity contribution >= 4 is 28.3 Å². The van der Waals surface area contributed by atoms with Crippen molar-refractivity contribution in [3.8, 4) is 0 Å². The molecule has 0 aliphatic rings. The van der Waals surface area contributed by atoms with Crippen molar-refractivity contribution in [1.29, 1.82) is 0 Å². The first kappa shape index (κ1) is 19.2. The van der Waals surface area contributed by atoms with Crippen molar-refractivity contribution in [1.82, 2.24) is 35.8 Å². The third-order valence-corrected chi connectivity index (χ3v) is 5.22. The zero-order valence-electron chi connectivity index (χ0n) is 16.0. The van der Waals surface area contributed by atoms with Crippen molar-refractivity contribution in [3.05, 3.63) is 69.7 Å². The summed E-state index contributed by atoms with van der Waals surface area (Å²) < 4.78 is 0. The van der Waals surface area contributed by atoms with E-state index < -0.39 is 0 Å². The minimum Gasteiger partial charge on any atom is -0.345 e. The molecule has 4 rings (SSSR count). The Kier molecular flexibility index (Phi) is 5.87. The minimum atomic E-state index is -0.204. The number of fused-ring (bicyclic) bond motifs is 1. The number of carbonyl (C=O) groups excluding carboxylic acids is 1. The van der Waals surface area contributed by atoms with Gasteiger partial charge in [-0.2, -0.15) is 10.2 Å². The van der Waals surface area contributed by atoms with Crippen LogP contribution in [0.15, 0.2) is 41.8 Å². The molecule has 1 amide bonds. The van der Waals surface area contributed by atoms with Crippen LogP contribution >= 0.6 is 11.3 Å². The molecule has 0 unspecified atom stereocenters. The highest BCUT2D eigenvalue weighted by molar-refractivity contribution is 7.09. The van der Waals surface area contributed by atoms with Gasteiger partial charge in [0.2, 0.25) is 0 Å². The molecule has 3 aromatic heterocycles. The van der Waals surface area contributed by atoms with Gasteiger partial charge in [-0.3, -0.25) is 4.79 Å². The van der Waals surface area contributed by atoms with Gasteiger partial charge in [-0.1, -0.05) is 12.1 Å². The second-order valence-electron chi connectivity index (χ2n) is 6.60. The van der Waals surface area contributed by atoms with Crippen LogP contribution in [0.25, 0.3) is 11.0 Å². The first-order valence-electron chi connectivity index (χ1n) is 9.33. The van der Waals surface area contributed by atoms with Gasteiger partial charge in [-0.05, 0) is 31.2 Å². The third-order valence-electron chi connectivity index (χ3n) is 4.31. The fourth-order valence-corrected chi connectivity index (χ4v) is 3.58. The molecule has 3 heterocycles. The van der Waals surface area contributed by atoms with Crippen LogP contribution in [-0.2, 0) is 19.5 Å². The summed E-state index contributed by atoms with van der Waals surface area (Å²) in [5.74, 6) is 0.703. The molecule has 0 aliphatic carbocycles. The molecule has 0 saturated carbocycles. The summed E-state index contributed by atoms with van der Waals surface area (Å²) >= 11 is 1.49. The Morgan fingerprint density at radius 1 is 1.10 bits per heavy atom. The molecule has 0 saturated heterocycles. The van der Waals surface area contributed by atoms with Gasteiger partial charge < -0.3 is 15.6 Å². The van der Waals surface area contributed by atoms with Crippen molar-refractivity contribution < 1.29 is 4.79 Å². The molecule has 0 atom stereocenters. The highest BCUT2D eigenvalue weighted by Gasteiger charge is 2.11. The number of hydrogen-bond acceptors (Lipinski definition) is 7. The number of aromatic nitrogens is 5. The van der Waals surface area contributed by atoms with Gasteiger partial charge in [0.15, 0.2) is 0 Å². The van der Waals surface area contributed by atoms with Crippen LogP contribution in [0.4, 0.5) is 0 Å². The van der Waals surface area contributed by atoms with Gasteiger partial charge in [0.25, 0.3) is 5.91 Å². The Morgan fingerprint density at radius 3 is 2.83 bits per heavy atom. The summed E-state index contributed by atoms with van der Waals surface area (Å²) in [6.45, 7) is 3.62. The monoisotopic (exact) mass is 407 g/mol. The lowest BCUT2D eigenvalue weighted by atomic mass is 10.3. The Balaban J connectivity index is 1.22. The maximum Gasteiger partial charge on any atom is 0.271 e. The maximum absolute atomic E-state index is 12.3. The number of H-pyrrole nitrogens is 1. The summed E-state index contributed by atoms with van der Waals surface area (Å²) in [5, 5.41) is 16.9. The predicted molar refractivity (Wildman–Crippen MR) is 112 cm³/mol. The number of imidazole rings is 1. The SMILES string of the molecule is Cc1ccc(CNC(=O)c2csc(CCNCc3nc4ccccc4[nH]3)n2)nn1. The van der Waals surface area contributed by atoms with Gasteiger partial charge in [-0.15, -0.1) is 11.3 Å². The Bertz CT molecular complexity index is 1070. The quantitative estimate of drug-likeness (QED) is 0.387. The molecule has 0 fully saturated rings. The molecule has 1 aromatic carbocycles. The van der Waals surface area contributed by atoms with E-state index >= 15 is 0 Å². The van der Waals surface area contributed by atoms with E-state index in [4.69, 9.17) is 0 Å². The number of aromatic amines is 1. The largest absolute Gasteiger partial charge is 0.345 e. The van der Waals surface area contributed by atoms with Crippen LogP contribution in [-0.4, -0.2) is 37.6 Å². The fourth-order valence-electron chi connectivity index (χ4n) is 2.80. The van der Waals surface area contributed by atoms with E-state index in [0.717, 1.165) is 40.5 Å². The van der Waals surface area contributed by atoms with E-state index in [0.29, 0.717) is 24.5 Å². The number of nitrogens with zero attached hydrogens (tertiary/aromatic N) is 4. The smallest absolute Gasteiger partial charge is 0.271 e. The average molecular weight is 408 g/mol. The van der Waals surface area contributed by atoms with Crippen molar-refractivity contribution in [2.75, 3.05) is 6.54 Å². The molecular weight excluding hydrogens is 386 g/mol. The van der Waals surface area contributed by atoms with Crippen LogP contribution in [0.5, 0.6) is 0 Å². The van der Waals surface area contributed by atoms with E-state index in [1.54, 1.807) is 5.38 Å². The van der Waals surface area contributed by atoms with Gasteiger partial charge in [0.05, 0.1) is 40.5 Å². The lowest BCUT2D eigenvalue weighted by Crippen LogP contribution is -2.24. The normalized spacial score (nSPS) is 11.1. The van der Waals surface area contributed by atoms with Crippen LogP contribution in [0.1, 0.15) is 32.7 Å². The van der Waals surface area contributed by atoms with E-state index in [1.165, 1.54) is 11.3 Å². The van der Waals surface area contributed by atoms with Crippen LogP contribution in [0, 0.1) is 6.92 Å². The molecule has 3 N–H and O–H groups in total. The molecule has 8 nitrogen and oxygen atoms in total. The van der Waals surface area contributed by atoms with Gasteiger partial charge in [-0.25, -0.2) is 9.97 Å². The second kappa shape index (κ2) is 8.89. The zero-order chi connectivity index (χ0) is 20.1. The number of rotatable bonds is 8. The lowest BCUT2D eigenvalue weighted by Gasteiger charge is -2.02. The molecule has 4 aromatic rings. The molecule has 0 spiro atoms. The Hall–Kier alpha value is -3.17. The number of hydrogen-bond donors (Lipinski definition) is 3. The van der Waals surface area contributed by atoms with Gasteiger partial charge in [0.1, 0.15) is 11.5 Å². The predicted octanol–water partition coefficient (Wildman–Crippen LogP) is 2.38. The fraction of sp³-hybridized carbons (Fsp3) is 0.250. The summed E-state index contributed by atoms with van der Waals surface area (Å²) in [6.07, 6.45) is 0.752. The summed E-state index contributed by atoms with van der Waals surface area (Å²) in [5.41, 5.74) is 4.00. The average Bonchev–Trinajstić information content (AvgIpc) is 3.37. The maximum atomic E-state index is 12.3. The van der Waals surface area contributed by atoms with Crippen molar-refractivity contribution in [2.45, 2.75) is 26.4 Å². The van der Waals surface area contributed by atoms with Crippen LogP contribution in [0.2, 0.25) is 0 Å². The number of para-hydroxylation sites is 2. The number of amides is 1. The minimum absolute atomic E-state index is 0.204. The van der Waals surface area contributed by atoms with Crippen LogP contribution in [0.3, 0.4) is 0 Å². The molecule has 0 radical (unpaired) electrons. The standard InChI is InChI=1S/C20H21N7OS/c1-13-6-7-14(27-26-13)10-22-20(28)17-12-29-19(25-17)8-9-21-11-18-23-15-4-2-3-5-16(15)24-18/h2-7,12,21H,8-11H2,1H3,(H,22,28)(H,23,24). The number of thiazole rings is 1. The molecule has 148 valence electrons. The summed E-state index contributed by atoms with van der Waals surface area (Å²) in [4.78, 5) is 24.5. The molecule has 29 heavy (non-hydrogen) atoms. The second-order valence-corrected chi connectivity index (χ2v) is 7.55. The Labute approximate surface area is 171 Å². The molecular formula is C20H21N7OS. The third kappa shape index (κ3) is 5.01. The number of carbonyl (C=O) groups is 1. The topological polar surface area (TPSA) is 108 Å². The zero-order valence-corrected chi connectivity index (χ0v) is 16.8. The highest BCUT2D eigenvalue weighted by Crippen LogP contribution is 2.11. The van der Waals surface area contributed by atoms with E-state index in [1.807, 2.05) is 43.3 Å². The van der Waals surface area contributed by atoms with Gasteiger partial charge >= 0.3 is 0 Å². The highest BCUT2D eigenvalue weighted by atomic mass is 32.1. The molecule has 0 aliphatic heterocycles. The van der Waals surface area contributed by atoms with E-state index in [2.05, 4.69) is 35.8 Å². The molecule has 9 heteroatoms. The number of nitrogens with one attached hydrogen (secondary N) is 3. The van der Waals surface area contributed by atoms with Crippen LogP contribution < -0.4 is 10.6 Å². The van der Waals surface area contributed by atoms with E-state index in [-0.39, 0.29) is 5.91 Å². The lowest BCUT2D eigenvalue weighted by molar-refractivity contribution is 0.0946.